The second-order valence-electron chi connectivity index (χ2n) is 8.72. The number of aromatic hydroxyl groups is 1. The van der Waals surface area contributed by atoms with E-state index in [9.17, 15) is 29.4 Å². The van der Waals surface area contributed by atoms with Gasteiger partial charge in [-0.3, -0.25) is 24.1 Å². The second kappa shape index (κ2) is 6.47. The lowest BCUT2D eigenvalue weighted by molar-refractivity contribution is -0.176. The molecule has 4 rings (SSSR count). The molecule has 1 aromatic carbocycles. The van der Waals surface area contributed by atoms with Crippen LogP contribution >= 0.6 is 0 Å². The van der Waals surface area contributed by atoms with Crippen molar-refractivity contribution in [3.05, 3.63) is 29.3 Å². The summed E-state index contributed by atoms with van der Waals surface area (Å²) in [4.78, 5) is 53.0. The average molecular weight is 400 g/mol. The van der Waals surface area contributed by atoms with Crippen molar-refractivity contribution in [2.45, 2.75) is 30.9 Å². The normalized spacial score (nSPS) is 36.4. The van der Waals surface area contributed by atoms with Crippen molar-refractivity contribution in [1.82, 2.24) is 4.90 Å². The number of hydrogen-bond donors (Lipinski definition) is 3. The van der Waals surface area contributed by atoms with Crippen molar-refractivity contribution in [3.63, 3.8) is 0 Å². The zero-order chi connectivity index (χ0) is 21.2. The van der Waals surface area contributed by atoms with Gasteiger partial charge in [-0.1, -0.05) is 12.1 Å². The fraction of sp³-hybridized carbons (Fsp3) is 0.524. The maximum absolute atomic E-state index is 13.5. The minimum absolute atomic E-state index is 0.117. The molecule has 4 N–H and O–H groups in total. The van der Waals surface area contributed by atoms with Gasteiger partial charge in [-0.05, 0) is 44.5 Å². The van der Waals surface area contributed by atoms with E-state index in [4.69, 9.17) is 5.73 Å². The number of carbonyl (C=O) groups is 4. The highest BCUT2D eigenvalue weighted by Crippen LogP contribution is 2.51. The molecule has 0 radical (unpaired) electrons. The number of aliphatic hydroxyl groups is 1. The number of primary amides is 1. The molecule has 1 aromatic rings. The van der Waals surface area contributed by atoms with Gasteiger partial charge in [-0.15, -0.1) is 0 Å². The predicted octanol–water partition coefficient (Wildman–Crippen LogP) is -0.312. The molecule has 154 valence electrons. The second-order valence-corrected chi connectivity index (χ2v) is 8.72. The van der Waals surface area contributed by atoms with Gasteiger partial charge >= 0.3 is 0 Å². The summed E-state index contributed by atoms with van der Waals surface area (Å²) in [6.07, 6.45) is 0.277. The van der Waals surface area contributed by atoms with Crippen molar-refractivity contribution in [2.24, 2.45) is 29.4 Å². The Balaban J connectivity index is 1.82. The maximum Gasteiger partial charge on any atom is 0.228 e. The van der Waals surface area contributed by atoms with Gasteiger partial charge in [-0.25, -0.2) is 0 Å². The number of carbonyl (C=O) groups excluding carboxylic acids is 4. The highest BCUT2D eigenvalue weighted by Gasteiger charge is 2.64. The van der Waals surface area contributed by atoms with Gasteiger partial charge in [0.1, 0.15) is 17.3 Å². The van der Waals surface area contributed by atoms with Gasteiger partial charge < -0.3 is 15.9 Å². The molecule has 3 aliphatic carbocycles. The molecule has 8 nitrogen and oxygen atoms in total. The fourth-order valence-electron chi connectivity index (χ4n) is 5.65. The van der Waals surface area contributed by atoms with E-state index < -0.39 is 59.1 Å². The predicted molar refractivity (Wildman–Crippen MR) is 101 cm³/mol. The van der Waals surface area contributed by atoms with E-state index in [2.05, 4.69) is 0 Å². The molecule has 3 aliphatic rings. The molecule has 1 amide bonds. The van der Waals surface area contributed by atoms with Crippen molar-refractivity contribution in [2.75, 3.05) is 14.1 Å². The number of phenolic OH excluding ortho intramolecular Hbond substituents is 1. The molecule has 0 bridgehead atoms. The highest BCUT2D eigenvalue weighted by atomic mass is 16.3. The molecule has 0 heterocycles. The van der Waals surface area contributed by atoms with Crippen LogP contribution < -0.4 is 5.73 Å². The van der Waals surface area contributed by atoms with Gasteiger partial charge in [0, 0.05) is 12.3 Å². The number of ketones is 3. The molecule has 0 aliphatic heterocycles. The van der Waals surface area contributed by atoms with Gasteiger partial charge in [0.2, 0.25) is 5.91 Å². The van der Waals surface area contributed by atoms with Gasteiger partial charge in [-0.2, -0.15) is 0 Å². The van der Waals surface area contributed by atoms with E-state index in [1.165, 1.54) is 6.07 Å². The van der Waals surface area contributed by atoms with Crippen molar-refractivity contribution in [3.8, 4) is 5.75 Å². The quantitative estimate of drug-likeness (QED) is 0.579. The number of rotatable bonds is 2. The third-order valence-electron chi connectivity index (χ3n) is 6.92. The Kier molecular flexibility index (Phi) is 4.40. The highest BCUT2D eigenvalue weighted by molar-refractivity contribution is 6.17. The number of amides is 1. The topological polar surface area (TPSA) is 138 Å². The molecule has 0 saturated heterocycles. The minimum Gasteiger partial charge on any atom is -0.507 e. The van der Waals surface area contributed by atoms with E-state index in [0.29, 0.717) is 12.0 Å². The van der Waals surface area contributed by atoms with Crippen LogP contribution in [0.25, 0.3) is 0 Å². The lowest BCUT2D eigenvalue weighted by Gasteiger charge is -2.53. The van der Waals surface area contributed by atoms with Gasteiger partial charge in [0.05, 0.1) is 17.5 Å². The Labute approximate surface area is 167 Å². The van der Waals surface area contributed by atoms with E-state index in [0.717, 1.165) is 0 Å². The Morgan fingerprint density at radius 1 is 1.24 bits per heavy atom. The molecule has 2 saturated carbocycles. The number of Topliss-reactive ketones (excluding diaryl/α,β-unsaturated/α-hetero) is 3. The number of likely N-dealkylation sites (N-methyl/N-ethyl adjacent to an activating group) is 1. The van der Waals surface area contributed by atoms with E-state index in [1.54, 1.807) is 31.1 Å². The molecule has 2 fully saturated rings. The molecule has 6 atom stereocenters. The molecule has 0 aromatic heterocycles. The van der Waals surface area contributed by atoms with Crippen molar-refractivity contribution < 1.29 is 29.4 Å². The first-order chi connectivity index (χ1) is 13.6. The zero-order valence-corrected chi connectivity index (χ0v) is 16.3. The first-order valence-electron chi connectivity index (χ1n) is 9.69. The molecule has 29 heavy (non-hydrogen) atoms. The maximum atomic E-state index is 13.5. The molecule has 2 unspecified atom stereocenters. The van der Waals surface area contributed by atoms with Crippen molar-refractivity contribution >= 4 is 23.3 Å². The number of hydrogen-bond acceptors (Lipinski definition) is 7. The summed E-state index contributed by atoms with van der Waals surface area (Å²) in [5.74, 6) is -6.18. The van der Waals surface area contributed by atoms with E-state index >= 15 is 0 Å². The minimum atomic E-state index is -2.00. The number of nitrogens with two attached hydrogens (primary N) is 1. The smallest absolute Gasteiger partial charge is 0.228 e. The summed E-state index contributed by atoms with van der Waals surface area (Å²) in [5.41, 5.74) is 4.17. The SMILES string of the molecule is CN(C)[C@@H]1C(=O)C(C(N)=O)C[C@@]2(O)C(=O)C3C(=O)c4c(O)cccc4C[C@H]3C[C@@H]12. The van der Waals surface area contributed by atoms with Crippen LogP contribution in [0.15, 0.2) is 18.2 Å². The average Bonchev–Trinajstić information content (AvgIpc) is 2.62. The summed E-state index contributed by atoms with van der Waals surface area (Å²) < 4.78 is 0. The van der Waals surface area contributed by atoms with Crippen LogP contribution in [0.2, 0.25) is 0 Å². The summed E-state index contributed by atoms with van der Waals surface area (Å²) in [6.45, 7) is 0. The van der Waals surface area contributed by atoms with Gasteiger partial charge in [0.25, 0.3) is 0 Å². The zero-order valence-electron chi connectivity index (χ0n) is 16.3. The van der Waals surface area contributed by atoms with E-state index in [1.807, 2.05) is 0 Å². The standard InChI is InChI=1S/C21H24N2O6/c1-23(2)16-12-7-10-6-9-4-3-5-13(24)14(9)18(26)15(10)19(27)21(12,29)8-11(17(16)25)20(22)28/h3-5,10-12,15-16,24,29H,6-8H2,1-2H3,(H2,22,28)/t10-,11?,12-,15?,16-,21-/m0/s1. The molecule has 8 heteroatoms. The Bertz CT molecular complexity index is 941. The number of benzene rings is 1. The van der Waals surface area contributed by atoms with Crippen LogP contribution in [-0.4, -0.2) is 64.1 Å². The van der Waals surface area contributed by atoms with Crippen LogP contribution in [0.4, 0.5) is 0 Å². The Morgan fingerprint density at radius 3 is 2.55 bits per heavy atom. The summed E-state index contributed by atoms with van der Waals surface area (Å²) in [7, 11) is 3.31. The Hall–Kier alpha value is -2.58. The van der Waals surface area contributed by atoms with Crippen LogP contribution in [0.5, 0.6) is 5.75 Å². The van der Waals surface area contributed by atoms with Crippen LogP contribution in [0.3, 0.4) is 0 Å². The summed E-state index contributed by atoms with van der Waals surface area (Å²) >= 11 is 0. The molecular formula is C21H24N2O6. The summed E-state index contributed by atoms with van der Waals surface area (Å²) in [6, 6.07) is 3.93. The lowest BCUT2D eigenvalue weighted by Crippen LogP contribution is -2.69. The lowest BCUT2D eigenvalue weighted by atomic mass is 9.53. The van der Waals surface area contributed by atoms with Crippen LogP contribution in [-0.2, 0) is 20.8 Å². The Morgan fingerprint density at radius 2 is 1.93 bits per heavy atom. The first-order valence-corrected chi connectivity index (χ1v) is 9.69. The van der Waals surface area contributed by atoms with Crippen LogP contribution in [0.1, 0.15) is 28.8 Å². The summed E-state index contributed by atoms with van der Waals surface area (Å²) in [5, 5.41) is 21.6. The largest absolute Gasteiger partial charge is 0.507 e. The molecular weight excluding hydrogens is 376 g/mol. The van der Waals surface area contributed by atoms with Crippen LogP contribution in [0, 0.1) is 23.7 Å². The van der Waals surface area contributed by atoms with E-state index in [-0.39, 0.29) is 23.7 Å². The van der Waals surface area contributed by atoms with Crippen molar-refractivity contribution in [1.29, 1.82) is 0 Å². The number of nitrogens with zero attached hydrogens (tertiary/aromatic N) is 1. The third-order valence-corrected chi connectivity index (χ3v) is 6.92. The monoisotopic (exact) mass is 400 g/mol. The molecule has 0 spiro atoms. The third kappa shape index (κ3) is 2.66. The van der Waals surface area contributed by atoms with Gasteiger partial charge in [0.15, 0.2) is 17.3 Å². The number of phenols is 1. The fourth-order valence-corrected chi connectivity index (χ4v) is 5.65. The number of fused-ring (bicyclic) bond motifs is 3. The first kappa shape index (κ1) is 19.7.